The second-order valence-corrected chi connectivity index (χ2v) is 3.89. The summed E-state index contributed by atoms with van der Waals surface area (Å²) in [6.45, 7) is 4.06. The minimum atomic E-state index is 0.112. The van der Waals surface area contributed by atoms with Crippen molar-refractivity contribution in [3.8, 4) is 5.75 Å². The Morgan fingerprint density at radius 1 is 1.56 bits per heavy atom. The molecule has 0 unspecified atom stereocenters. The lowest BCUT2D eigenvalue weighted by molar-refractivity contribution is -0.117. The molecular formula is C13H15NO2. The van der Waals surface area contributed by atoms with Crippen LogP contribution in [-0.4, -0.2) is 12.5 Å². The van der Waals surface area contributed by atoms with Gasteiger partial charge in [0, 0.05) is 17.7 Å². The first-order valence-electron chi connectivity index (χ1n) is 5.44. The Hall–Kier alpha value is -1.77. The number of carbonyl (C=O) groups excluding carboxylic acids is 1. The van der Waals surface area contributed by atoms with Crippen LogP contribution in [0.15, 0.2) is 36.9 Å². The fraction of sp³-hybridized carbons (Fsp3) is 0.308. The molecule has 84 valence electrons. The minimum absolute atomic E-state index is 0.112. The fourth-order valence-corrected chi connectivity index (χ4v) is 1.41. The van der Waals surface area contributed by atoms with Crippen LogP contribution in [0.5, 0.6) is 5.75 Å². The van der Waals surface area contributed by atoms with Gasteiger partial charge in [0.25, 0.3) is 0 Å². The number of amides is 1. The van der Waals surface area contributed by atoms with Crippen molar-refractivity contribution in [2.24, 2.45) is 5.92 Å². The predicted molar refractivity (Wildman–Crippen MR) is 63.5 cm³/mol. The van der Waals surface area contributed by atoms with Crippen molar-refractivity contribution < 1.29 is 9.53 Å². The van der Waals surface area contributed by atoms with E-state index in [2.05, 4.69) is 11.9 Å². The van der Waals surface area contributed by atoms with Crippen LogP contribution in [0.1, 0.15) is 12.8 Å². The van der Waals surface area contributed by atoms with E-state index < -0.39 is 0 Å². The highest BCUT2D eigenvalue weighted by Crippen LogP contribution is 2.30. The molecular weight excluding hydrogens is 202 g/mol. The van der Waals surface area contributed by atoms with E-state index in [1.807, 2.05) is 24.3 Å². The van der Waals surface area contributed by atoms with Crippen molar-refractivity contribution in [1.82, 2.24) is 0 Å². The maximum atomic E-state index is 11.5. The Labute approximate surface area is 95.1 Å². The summed E-state index contributed by atoms with van der Waals surface area (Å²) in [7, 11) is 0. The van der Waals surface area contributed by atoms with Crippen LogP contribution in [-0.2, 0) is 4.79 Å². The molecule has 0 aromatic heterocycles. The average molecular weight is 217 g/mol. The summed E-state index contributed by atoms with van der Waals surface area (Å²) in [6, 6.07) is 7.40. The van der Waals surface area contributed by atoms with E-state index in [0.717, 1.165) is 24.3 Å². The third kappa shape index (κ3) is 2.86. The zero-order valence-electron chi connectivity index (χ0n) is 9.11. The van der Waals surface area contributed by atoms with Crippen molar-refractivity contribution >= 4 is 11.6 Å². The topological polar surface area (TPSA) is 38.3 Å². The highest BCUT2D eigenvalue weighted by molar-refractivity contribution is 5.94. The molecule has 0 heterocycles. The Bertz CT molecular complexity index is 397. The zero-order chi connectivity index (χ0) is 11.4. The van der Waals surface area contributed by atoms with Gasteiger partial charge < -0.3 is 10.1 Å². The lowest BCUT2D eigenvalue weighted by atomic mass is 10.3. The van der Waals surface area contributed by atoms with Gasteiger partial charge in [-0.1, -0.05) is 18.7 Å². The Morgan fingerprint density at radius 2 is 2.38 bits per heavy atom. The molecule has 1 aliphatic carbocycles. The van der Waals surface area contributed by atoms with Gasteiger partial charge in [0.05, 0.1) is 0 Å². The van der Waals surface area contributed by atoms with Crippen LogP contribution in [0.25, 0.3) is 0 Å². The molecule has 0 radical (unpaired) electrons. The molecule has 1 amide bonds. The van der Waals surface area contributed by atoms with E-state index in [0.29, 0.717) is 6.61 Å². The van der Waals surface area contributed by atoms with Crippen LogP contribution in [0.2, 0.25) is 0 Å². The third-order valence-electron chi connectivity index (χ3n) is 2.42. The quantitative estimate of drug-likeness (QED) is 0.770. The van der Waals surface area contributed by atoms with E-state index in [1.54, 1.807) is 6.08 Å². The van der Waals surface area contributed by atoms with Gasteiger partial charge in [-0.15, -0.1) is 0 Å². The number of hydrogen-bond acceptors (Lipinski definition) is 2. The van der Waals surface area contributed by atoms with Crippen molar-refractivity contribution in [3.63, 3.8) is 0 Å². The van der Waals surface area contributed by atoms with Gasteiger partial charge in [-0.05, 0) is 25.0 Å². The number of nitrogens with one attached hydrogen (secondary N) is 1. The highest BCUT2D eigenvalue weighted by atomic mass is 16.5. The zero-order valence-corrected chi connectivity index (χ0v) is 9.11. The summed E-state index contributed by atoms with van der Waals surface area (Å²) in [4.78, 5) is 11.5. The van der Waals surface area contributed by atoms with Crippen molar-refractivity contribution in [2.45, 2.75) is 12.8 Å². The monoisotopic (exact) mass is 217 g/mol. The largest absolute Gasteiger partial charge is 0.489 e. The van der Waals surface area contributed by atoms with Crippen LogP contribution < -0.4 is 10.1 Å². The SMILES string of the molecule is C=CCOc1cccc(NC(=O)C2CC2)c1. The van der Waals surface area contributed by atoms with Gasteiger partial charge >= 0.3 is 0 Å². The number of ether oxygens (including phenoxy) is 1. The van der Waals surface area contributed by atoms with Gasteiger partial charge in [0.1, 0.15) is 12.4 Å². The molecule has 1 aromatic rings. The molecule has 0 atom stereocenters. The molecule has 1 N–H and O–H groups in total. The van der Waals surface area contributed by atoms with E-state index in [1.165, 1.54) is 0 Å². The highest BCUT2D eigenvalue weighted by Gasteiger charge is 2.29. The van der Waals surface area contributed by atoms with E-state index >= 15 is 0 Å². The maximum Gasteiger partial charge on any atom is 0.227 e. The minimum Gasteiger partial charge on any atom is -0.489 e. The second-order valence-electron chi connectivity index (χ2n) is 3.89. The van der Waals surface area contributed by atoms with Crippen LogP contribution >= 0.6 is 0 Å². The van der Waals surface area contributed by atoms with E-state index in [-0.39, 0.29) is 11.8 Å². The fourth-order valence-electron chi connectivity index (χ4n) is 1.41. The van der Waals surface area contributed by atoms with E-state index in [9.17, 15) is 4.79 Å². The molecule has 0 spiro atoms. The smallest absolute Gasteiger partial charge is 0.227 e. The van der Waals surface area contributed by atoms with Crippen LogP contribution in [0.3, 0.4) is 0 Å². The summed E-state index contributed by atoms with van der Waals surface area (Å²) < 4.78 is 5.38. The summed E-state index contributed by atoms with van der Waals surface area (Å²) >= 11 is 0. The molecule has 1 aliphatic rings. The van der Waals surface area contributed by atoms with Crippen LogP contribution in [0, 0.1) is 5.92 Å². The summed E-state index contributed by atoms with van der Waals surface area (Å²) in [6.07, 6.45) is 3.71. The van der Waals surface area contributed by atoms with Crippen molar-refractivity contribution in [3.05, 3.63) is 36.9 Å². The Kier molecular flexibility index (Phi) is 3.25. The van der Waals surface area contributed by atoms with Gasteiger partial charge in [-0.2, -0.15) is 0 Å². The molecule has 1 fully saturated rings. The first kappa shape index (κ1) is 10.7. The first-order valence-corrected chi connectivity index (χ1v) is 5.44. The van der Waals surface area contributed by atoms with Gasteiger partial charge in [0.15, 0.2) is 0 Å². The van der Waals surface area contributed by atoms with Crippen LogP contribution in [0.4, 0.5) is 5.69 Å². The number of carbonyl (C=O) groups is 1. The number of rotatable bonds is 5. The van der Waals surface area contributed by atoms with Gasteiger partial charge in [-0.25, -0.2) is 0 Å². The lowest BCUT2D eigenvalue weighted by Gasteiger charge is -2.07. The first-order chi connectivity index (χ1) is 7.79. The number of anilines is 1. The summed E-state index contributed by atoms with van der Waals surface area (Å²) in [5.41, 5.74) is 0.790. The molecule has 1 aromatic carbocycles. The molecule has 3 heteroatoms. The summed E-state index contributed by atoms with van der Waals surface area (Å²) in [5.74, 6) is 1.08. The number of hydrogen-bond donors (Lipinski definition) is 1. The molecule has 1 saturated carbocycles. The Balaban J connectivity index is 1.97. The average Bonchev–Trinajstić information content (AvgIpc) is 3.10. The van der Waals surface area contributed by atoms with Gasteiger partial charge in [-0.3, -0.25) is 4.79 Å². The van der Waals surface area contributed by atoms with Crippen molar-refractivity contribution in [2.75, 3.05) is 11.9 Å². The van der Waals surface area contributed by atoms with Crippen molar-refractivity contribution in [1.29, 1.82) is 0 Å². The Morgan fingerprint density at radius 3 is 3.06 bits per heavy atom. The van der Waals surface area contributed by atoms with Gasteiger partial charge in [0.2, 0.25) is 5.91 Å². The third-order valence-corrected chi connectivity index (χ3v) is 2.42. The predicted octanol–water partition coefficient (Wildman–Crippen LogP) is 2.60. The molecule has 3 nitrogen and oxygen atoms in total. The number of benzene rings is 1. The molecule has 2 rings (SSSR count). The second kappa shape index (κ2) is 4.84. The van der Waals surface area contributed by atoms with E-state index in [4.69, 9.17) is 4.74 Å². The molecule has 0 aliphatic heterocycles. The summed E-state index contributed by atoms with van der Waals surface area (Å²) in [5, 5.41) is 2.88. The normalized spacial score (nSPS) is 14.2. The lowest BCUT2D eigenvalue weighted by Crippen LogP contribution is -2.13. The molecule has 0 bridgehead atoms. The standard InChI is InChI=1S/C13H15NO2/c1-2-8-16-12-5-3-4-11(9-12)14-13(15)10-6-7-10/h2-5,9-10H,1,6-8H2,(H,14,15). The maximum absolute atomic E-state index is 11.5. The molecule has 16 heavy (non-hydrogen) atoms. The molecule has 0 saturated heterocycles.